The molecule has 0 aromatic heterocycles. The van der Waals surface area contributed by atoms with Gasteiger partial charge in [-0.2, -0.15) is 0 Å². The van der Waals surface area contributed by atoms with E-state index < -0.39 is 29.1 Å². The zero-order chi connectivity index (χ0) is 23.9. The van der Waals surface area contributed by atoms with Crippen LogP contribution >= 0.6 is 0 Å². The fourth-order valence-corrected chi connectivity index (χ4v) is 5.48. The number of rotatable bonds is 6. The highest BCUT2D eigenvalue weighted by Crippen LogP contribution is 2.45. The van der Waals surface area contributed by atoms with E-state index in [4.69, 9.17) is 4.74 Å². The summed E-state index contributed by atoms with van der Waals surface area (Å²) in [6.45, 7) is 1.87. The van der Waals surface area contributed by atoms with Crippen LogP contribution in [-0.4, -0.2) is 41.3 Å². The van der Waals surface area contributed by atoms with Crippen molar-refractivity contribution in [2.75, 3.05) is 6.61 Å². The van der Waals surface area contributed by atoms with Crippen LogP contribution < -0.4 is 10.6 Å². The van der Waals surface area contributed by atoms with Crippen LogP contribution in [0, 0.1) is 5.41 Å². The number of ether oxygens (including phenoxy) is 1. The molecule has 34 heavy (non-hydrogen) atoms. The van der Waals surface area contributed by atoms with Crippen LogP contribution in [0.1, 0.15) is 62.5 Å². The maximum absolute atomic E-state index is 13.1. The molecule has 7 heteroatoms. The lowest BCUT2D eigenvalue weighted by Gasteiger charge is -2.39. The molecule has 2 fully saturated rings. The minimum absolute atomic E-state index is 0.0550. The normalized spacial score (nSPS) is 24.4. The molecule has 2 atom stereocenters. The van der Waals surface area contributed by atoms with Gasteiger partial charge >= 0.3 is 12.1 Å². The molecule has 0 radical (unpaired) electrons. The molecule has 2 saturated carbocycles. The maximum atomic E-state index is 13.1. The lowest BCUT2D eigenvalue weighted by atomic mass is 9.71. The van der Waals surface area contributed by atoms with E-state index >= 15 is 0 Å². The quantitative estimate of drug-likeness (QED) is 0.597. The van der Waals surface area contributed by atoms with Crippen molar-refractivity contribution in [2.45, 2.75) is 62.9 Å². The first-order chi connectivity index (χ1) is 16.3. The van der Waals surface area contributed by atoms with Gasteiger partial charge in [-0.25, -0.2) is 4.79 Å². The summed E-state index contributed by atoms with van der Waals surface area (Å²) in [5.74, 6) is -1.27. The van der Waals surface area contributed by atoms with Crippen LogP contribution in [0.5, 0.6) is 0 Å². The van der Waals surface area contributed by atoms with E-state index in [0.29, 0.717) is 25.7 Å². The first-order valence-corrected chi connectivity index (χ1v) is 12.0. The van der Waals surface area contributed by atoms with E-state index in [-0.39, 0.29) is 18.4 Å². The molecule has 3 N–H and O–H groups in total. The highest BCUT2D eigenvalue weighted by Gasteiger charge is 2.54. The van der Waals surface area contributed by atoms with Crippen molar-refractivity contribution in [3.05, 3.63) is 59.7 Å². The smallest absolute Gasteiger partial charge is 0.408 e. The number of benzene rings is 2. The van der Waals surface area contributed by atoms with Crippen LogP contribution in [0.2, 0.25) is 0 Å². The molecule has 7 nitrogen and oxygen atoms in total. The highest BCUT2D eigenvalue weighted by molar-refractivity contribution is 5.93. The van der Waals surface area contributed by atoms with Gasteiger partial charge < -0.3 is 20.5 Å². The molecule has 5 rings (SSSR count). The zero-order valence-corrected chi connectivity index (χ0v) is 19.3. The van der Waals surface area contributed by atoms with Crippen LogP contribution in [-0.2, 0) is 14.3 Å². The van der Waals surface area contributed by atoms with Gasteiger partial charge in [-0.15, -0.1) is 0 Å². The van der Waals surface area contributed by atoms with Gasteiger partial charge in [0, 0.05) is 12.0 Å². The number of hydrogen-bond acceptors (Lipinski definition) is 4. The number of aliphatic carboxylic acids is 1. The summed E-state index contributed by atoms with van der Waals surface area (Å²) in [4.78, 5) is 37.6. The van der Waals surface area contributed by atoms with Gasteiger partial charge in [-0.05, 0) is 54.9 Å². The summed E-state index contributed by atoms with van der Waals surface area (Å²) in [7, 11) is 0. The summed E-state index contributed by atoms with van der Waals surface area (Å²) in [5, 5.41) is 15.4. The Morgan fingerprint density at radius 3 is 2.18 bits per heavy atom. The number of carbonyl (C=O) groups is 3. The number of amides is 2. The van der Waals surface area contributed by atoms with E-state index in [1.165, 1.54) is 0 Å². The van der Waals surface area contributed by atoms with E-state index in [1.54, 1.807) is 6.92 Å². The number of carboxylic acid groups (broad SMARTS) is 1. The molecule has 2 unspecified atom stereocenters. The molecule has 0 saturated heterocycles. The lowest BCUT2D eigenvalue weighted by Crippen LogP contribution is -2.57. The number of carbonyl (C=O) groups excluding carboxylic acids is 2. The molecule has 2 amide bonds. The van der Waals surface area contributed by atoms with Crippen molar-refractivity contribution in [1.29, 1.82) is 0 Å². The van der Waals surface area contributed by atoms with Crippen LogP contribution in [0.25, 0.3) is 11.1 Å². The van der Waals surface area contributed by atoms with Gasteiger partial charge in [0.1, 0.15) is 12.1 Å². The average molecular weight is 463 g/mol. The Morgan fingerprint density at radius 1 is 0.971 bits per heavy atom. The van der Waals surface area contributed by atoms with Crippen molar-refractivity contribution in [3.8, 4) is 11.1 Å². The number of alkyl carbamates (subject to hydrolysis) is 1. The zero-order valence-electron chi connectivity index (χ0n) is 19.3. The van der Waals surface area contributed by atoms with Crippen LogP contribution in [0.3, 0.4) is 0 Å². The first kappa shape index (κ1) is 22.4. The third-order valence-electron chi connectivity index (χ3n) is 7.87. The second-order valence-corrected chi connectivity index (χ2v) is 10.0. The Labute approximate surface area is 198 Å². The Bertz CT molecular complexity index is 1100. The predicted molar refractivity (Wildman–Crippen MR) is 126 cm³/mol. The average Bonchev–Trinajstić information content (AvgIpc) is 3.54. The molecule has 0 bridgehead atoms. The second kappa shape index (κ2) is 8.46. The molecule has 3 aliphatic rings. The first-order valence-electron chi connectivity index (χ1n) is 12.0. The largest absolute Gasteiger partial charge is 0.481 e. The number of nitrogens with one attached hydrogen (secondary N) is 2. The fourth-order valence-electron chi connectivity index (χ4n) is 5.48. The van der Waals surface area contributed by atoms with Crippen molar-refractivity contribution in [2.24, 2.45) is 5.41 Å². The summed E-state index contributed by atoms with van der Waals surface area (Å²) >= 11 is 0. The SMILES string of the molecule is CC1(C(=O)O)CCCCC1NC(=O)C1(NC(=O)OCC2c3ccccc3-c3ccccc32)CC1. The monoisotopic (exact) mass is 462 g/mol. The molecule has 3 aliphatic carbocycles. The van der Waals surface area contributed by atoms with Gasteiger partial charge in [-0.3, -0.25) is 9.59 Å². The lowest BCUT2D eigenvalue weighted by molar-refractivity contribution is -0.152. The number of fused-ring (bicyclic) bond motifs is 3. The summed E-state index contributed by atoms with van der Waals surface area (Å²) in [5.41, 5.74) is 2.55. The van der Waals surface area contributed by atoms with Gasteiger partial charge in [-0.1, -0.05) is 61.4 Å². The number of hydrogen-bond donors (Lipinski definition) is 3. The fraction of sp³-hybridized carbons (Fsp3) is 0.444. The van der Waals surface area contributed by atoms with E-state index in [2.05, 4.69) is 34.9 Å². The summed E-state index contributed by atoms with van der Waals surface area (Å²) in [6.07, 6.45) is 3.26. The molecule has 0 spiro atoms. The van der Waals surface area contributed by atoms with Crippen molar-refractivity contribution in [1.82, 2.24) is 10.6 Å². The molecule has 0 aliphatic heterocycles. The Balaban J connectivity index is 1.22. The number of carboxylic acids is 1. The van der Waals surface area contributed by atoms with Gasteiger partial charge in [0.2, 0.25) is 5.91 Å². The molecular weight excluding hydrogens is 432 g/mol. The third-order valence-corrected chi connectivity index (χ3v) is 7.87. The van der Waals surface area contributed by atoms with Gasteiger partial charge in [0.05, 0.1) is 5.41 Å². The Morgan fingerprint density at radius 2 is 1.59 bits per heavy atom. The van der Waals surface area contributed by atoms with E-state index in [9.17, 15) is 19.5 Å². The highest BCUT2D eigenvalue weighted by atomic mass is 16.5. The van der Waals surface area contributed by atoms with Crippen molar-refractivity contribution in [3.63, 3.8) is 0 Å². The Kier molecular flexibility index (Phi) is 5.58. The second-order valence-electron chi connectivity index (χ2n) is 10.0. The molecule has 0 heterocycles. The molecule has 178 valence electrons. The van der Waals surface area contributed by atoms with Crippen molar-refractivity contribution >= 4 is 18.0 Å². The summed E-state index contributed by atoms with van der Waals surface area (Å²) in [6, 6.07) is 15.8. The minimum atomic E-state index is -1.01. The third kappa shape index (κ3) is 3.83. The van der Waals surface area contributed by atoms with Crippen LogP contribution in [0.15, 0.2) is 48.5 Å². The predicted octanol–water partition coefficient (Wildman–Crippen LogP) is 4.21. The standard InChI is InChI=1S/C27H30N2O5/c1-26(24(31)32)13-7-6-12-22(26)28-23(30)27(14-15-27)29-25(33)34-16-21-19-10-4-2-8-17(19)18-9-3-5-11-20(18)21/h2-5,8-11,21-22H,6-7,12-16H2,1H3,(H,28,30)(H,29,33)(H,31,32). The Hall–Kier alpha value is -3.35. The molecule has 2 aromatic carbocycles. The van der Waals surface area contributed by atoms with E-state index in [1.807, 2.05) is 24.3 Å². The van der Waals surface area contributed by atoms with Gasteiger partial charge in [0.15, 0.2) is 0 Å². The minimum Gasteiger partial charge on any atom is -0.481 e. The van der Waals surface area contributed by atoms with Crippen LogP contribution in [0.4, 0.5) is 4.79 Å². The topological polar surface area (TPSA) is 105 Å². The maximum Gasteiger partial charge on any atom is 0.408 e. The molecule has 2 aromatic rings. The van der Waals surface area contributed by atoms with E-state index in [0.717, 1.165) is 35.1 Å². The van der Waals surface area contributed by atoms with Crippen molar-refractivity contribution < 1.29 is 24.2 Å². The molecular formula is C27H30N2O5. The van der Waals surface area contributed by atoms with Gasteiger partial charge in [0.25, 0.3) is 0 Å². The summed E-state index contributed by atoms with van der Waals surface area (Å²) < 4.78 is 5.61.